The van der Waals surface area contributed by atoms with Crippen LogP contribution in [0.15, 0.2) is 42.5 Å². The fourth-order valence-corrected chi connectivity index (χ4v) is 1.89. The molecule has 0 aromatic heterocycles. The fourth-order valence-electron chi connectivity index (χ4n) is 1.67. The molecule has 108 valence electrons. The molecular weight excluding hydrogens is 295 g/mol. The summed E-state index contributed by atoms with van der Waals surface area (Å²) in [5.41, 5.74) is 1.58. The van der Waals surface area contributed by atoms with Gasteiger partial charge in [0.15, 0.2) is 0 Å². The van der Waals surface area contributed by atoms with Gasteiger partial charge < -0.3 is 10.6 Å². The Morgan fingerprint density at radius 1 is 1.00 bits per heavy atom. The van der Waals surface area contributed by atoms with Crippen LogP contribution in [-0.2, 0) is 9.59 Å². The number of carbonyl (C=O) groups is 2. The molecule has 0 aliphatic heterocycles. The molecular formula is C15H12ClFN2O2. The molecule has 0 aliphatic carbocycles. The molecule has 21 heavy (non-hydrogen) atoms. The van der Waals surface area contributed by atoms with Crippen LogP contribution in [0.25, 0.3) is 0 Å². The van der Waals surface area contributed by atoms with Gasteiger partial charge in [-0.2, -0.15) is 0 Å². The van der Waals surface area contributed by atoms with Gasteiger partial charge in [0.2, 0.25) is 0 Å². The van der Waals surface area contributed by atoms with Crippen LogP contribution in [0.5, 0.6) is 0 Å². The summed E-state index contributed by atoms with van der Waals surface area (Å²) in [6.45, 7) is 1.76. The summed E-state index contributed by atoms with van der Waals surface area (Å²) >= 11 is 5.81. The zero-order chi connectivity index (χ0) is 15.4. The number of hydrogen-bond donors (Lipinski definition) is 2. The molecule has 0 saturated heterocycles. The lowest BCUT2D eigenvalue weighted by atomic mass is 10.2. The first-order valence-electron chi connectivity index (χ1n) is 6.10. The van der Waals surface area contributed by atoms with Gasteiger partial charge in [-0.3, -0.25) is 9.59 Å². The Labute approximate surface area is 125 Å². The van der Waals surface area contributed by atoms with E-state index in [0.29, 0.717) is 16.4 Å². The minimum Gasteiger partial charge on any atom is -0.318 e. The third-order valence-electron chi connectivity index (χ3n) is 2.74. The first-order chi connectivity index (χ1) is 9.95. The number of amides is 2. The predicted octanol–water partition coefficient (Wildman–Crippen LogP) is 3.36. The number of hydrogen-bond acceptors (Lipinski definition) is 2. The molecule has 6 heteroatoms. The largest absolute Gasteiger partial charge is 0.318 e. The second kappa shape index (κ2) is 6.37. The van der Waals surface area contributed by atoms with E-state index < -0.39 is 17.6 Å². The van der Waals surface area contributed by atoms with E-state index in [-0.39, 0.29) is 0 Å². The number of carbonyl (C=O) groups excluding carboxylic acids is 2. The first kappa shape index (κ1) is 15.0. The van der Waals surface area contributed by atoms with Crippen LogP contribution in [-0.4, -0.2) is 11.8 Å². The van der Waals surface area contributed by atoms with Crippen molar-refractivity contribution < 1.29 is 14.0 Å². The molecule has 0 unspecified atom stereocenters. The normalized spacial score (nSPS) is 10.0. The SMILES string of the molecule is Cc1cc(Cl)ccc1NC(=O)C(=O)Nc1ccc(F)cc1. The van der Waals surface area contributed by atoms with Crippen LogP contribution in [0.2, 0.25) is 5.02 Å². The van der Waals surface area contributed by atoms with Crippen LogP contribution in [0, 0.1) is 12.7 Å². The van der Waals surface area contributed by atoms with E-state index in [1.807, 2.05) is 0 Å². The second-order valence-electron chi connectivity index (χ2n) is 4.37. The van der Waals surface area contributed by atoms with E-state index in [1.54, 1.807) is 25.1 Å². The van der Waals surface area contributed by atoms with Gasteiger partial charge in [-0.25, -0.2) is 4.39 Å². The zero-order valence-electron chi connectivity index (χ0n) is 11.1. The number of benzene rings is 2. The molecule has 0 saturated carbocycles. The van der Waals surface area contributed by atoms with E-state index in [0.717, 1.165) is 5.56 Å². The van der Waals surface area contributed by atoms with Gasteiger partial charge in [0.1, 0.15) is 5.82 Å². The molecule has 0 spiro atoms. The fraction of sp³-hybridized carbons (Fsp3) is 0.0667. The maximum absolute atomic E-state index is 12.7. The number of halogens is 2. The van der Waals surface area contributed by atoms with Crippen molar-refractivity contribution in [2.45, 2.75) is 6.92 Å². The number of aryl methyl sites for hydroxylation is 1. The lowest BCUT2D eigenvalue weighted by molar-refractivity contribution is -0.133. The van der Waals surface area contributed by atoms with Gasteiger partial charge in [0.05, 0.1) is 0 Å². The maximum Gasteiger partial charge on any atom is 0.314 e. The van der Waals surface area contributed by atoms with Gasteiger partial charge in [0.25, 0.3) is 0 Å². The summed E-state index contributed by atoms with van der Waals surface area (Å²) in [6, 6.07) is 10.0. The minimum absolute atomic E-state index is 0.337. The van der Waals surface area contributed by atoms with Crippen molar-refractivity contribution in [2.75, 3.05) is 10.6 Å². The Hall–Kier alpha value is -2.40. The average Bonchev–Trinajstić information content (AvgIpc) is 2.44. The summed E-state index contributed by atoms with van der Waals surface area (Å²) in [5, 5.41) is 5.40. The number of anilines is 2. The van der Waals surface area contributed by atoms with Gasteiger partial charge in [-0.15, -0.1) is 0 Å². The Kier molecular flexibility index (Phi) is 4.55. The molecule has 0 fully saturated rings. The summed E-state index contributed by atoms with van der Waals surface area (Å²) in [4.78, 5) is 23.5. The molecule has 2 aromatic carbocycles. The number of nitrogens with one attached hydrogen (secondary N) is 2. The zero-order valence-corrected chi connectivity index (χ0v) is 11.9. The third kappa shape index (κ3) is 4.03. The highest BCUT2D eigenvalue weighted by molar-refractivity contribution is 6.43. The van der Waals surface area contributed by atoms with Gasteiger partial charge in [-0.1, -0.05) is 11.6 Å². The molecule has 4 nitrogen and oxygen atoms in total. The van der Waals surface area contributed by atoms with Crippen molar-refractivity contribution in [3.8, 4) is 0 Å². The standard InChI is InChI=1S/C15H12ClFN2O2/c1-9-8-10(16)2-7-13(9)19-15(21)14(20)18-12-5-3-11(17)4-6-12/h2-8H,1H3,(H,18,20)(H,19,21). The second-order valence-corrected chi connectivity index (χ2v) is 4.81. The Morgan fingerprint density at radius 2 is 1.62 bits per heavy atom. The first-order valence-corrected chi connectivity index (χ1v) is 6.47. The van der Waals surface area contributed by atoms with Crippen molar-refractivity contribution in [2.24, 2.45) is 0 Å². The molecule has 2 rings (SSSR count). The Balaban J connectivity index is 2.02. The van der Waals surface area contributed by atoms with Crippen molar-refractivity contribution in [3.63, 3.8) is 0 Å². The Bertz CT molecular complexity index is 687. The predicted molar refractivity (Wildman–Crippen MR) is 79.8 cm³/mol. The van der Waals surface area contributed by atoms with E-state index in [2.05, 4.69) is 10.6 Å². The van der Waals surface area contributed by atoms with Crippen LogP contribution in [0.3, 0.4) is 0 Å². The number of rotatable bonds is 2. The highest BCUT2D eigenvalue weighted by Crippen LogP contribution is 2.19. The van der Waals surface area contributed by atoms with Gasteiger partial charge in [-0.05, 0) is 55.0 Å². The van der Waals surface area contributed by atoms with Crippen LogP contribution in [0.4, 0.5) is 15.8 Å². The van der Waals surface area contributed by atoms with Crippen molar-refractivity contribution in [1.29, 1.82) is 0 Å². The summed E-state index contributed by atoms with van der Waals surface area (Å²) < 4.78 is 12.7. The summed E-state index contributed by atoms with van der Waals surface area (Å²) in [6.07, 6.45) is 0. The van der Waals surface area contributed by atoms with E-state index >= 15 is 0 Å². The Morgan fingerprint density at radius 3 is 2.24 bits per heavy atom. The van der Waals surface area contributed by atoms with Gasteiger partial charge >= 0.3 is 11.8 Å². The average molecular weight is 307 g/mol. The molecule has 2 aromatic rings. The van der Waals surface area contributed by atoms with Crippen LogP contribution in [0.1, 0.15) is 5.56 Å². The van der Waals surface area contributed by atoms with Crippen LogP contribution < -0.4 is 10.6 Å². The van der Waals surface area contributed by atoms with E-state index in [9.17, 15) is 14.0 Å². The third-order valence-corrected chi connectivity index (χ3v) is 2.98. The minimum atomic E-state index is -0.837. The smallest absolute Gasteiger partial charge is 0.314 e. The van der Waals surface area contributed by atoms with Crippen LogP contribution >= 0.6 is 11.6 Å². The lowest BCUT2D eigenvalue weighted by Crippen LogP contribution is -2.29. The van der Waals surface area contributed by atoms with Crippen molar-refractivity contribution in [3.05, 3.63) is 58.9 Å². The van der Waals surface area contributed by atoms with E-state index in [1.165, 1.54) is 24.3 Å². The molecule has 0 atom stereocenters. The van der Waals surface area contributed by atoms with Crippen molar-refractivity contribution in [1.82, 2.24) is 0 Å². The molecule has 0 radical (unpaired) electrons. The van der Waals surface area contributed by atoms with Gasteiger partial charge in [0, 0.05) is 16.4 Å². The lowest BCUT2D eigenvalue weighted by Gasteiger charge is -2.09. The van der Waals surface area contributed by atoms with Crippen molar-refractivity contribution >= 4 is 34.8 Å². The monoisotopic (exact) mass is 306 g/mol. The molecule has 0 heterocycles. The summed E-state index contributed by atoms with van der Waals surface area (Å²) in [7, 11) is 0. The molecule has 0 aliphatic rings. The molecule has 2 amide bonds. The topological polar surface area (TPSA) is 58.2 Å². The molecule has 2 N–H and O–H groups in total. The molecule has 0 bridgehead atoms. The highest BCUT2D eigenvalue weighted by atomic mass is 35.5. The maximum atomic E-state index is 12.7. The summed E-state index contributed by atoms with van der Waals surface area (Å²) in [5.74, 6) is -2.07. The highest BCUT2D eigenvalue weighted by Gasteiger charge is 2.15. The van der Waals surface area contributed by atoms with E-state index in [4.69, 9.17) is 11.6 Å². The quantitative estimate of drug-likeness (QED) is 0.836.